The fourth-order valence-corrected chi connectivity index (χ4v) is 1.96. The van der Waals surface area contributed by atoms with Crippen LogP contribution in [0.3, 0.4) is 0 Å². The molecule has 20 heavy (non-hydrogen) atoms. The van der Waals surface area contributed by atoms with E-state index in [2.05, 4.69) is 26.2 Å². The minimum absolute atomic E-state index is 0.103. The SMILES string of the molecule is CCN(CC)C(N)=NCCNC(=O)c1ccc(Br)cc1. The third kappa shape index (κ3) is 5.21. The van der Waals surface area contributed by atoms with Crippen molar-refractivity contribution in [1.82, 2.24) is 10.2 Å². The molecule has 0 aliphatic heterocycles. The minimum atomic E-state index is -0.103. The molecule has 1 amide bonds. The predicted molar refractivity (Wildman–Crippen MR) is 85.9 cm³/mol. The van der Waals surface area contributed by atoms with Gasteiger partial charge in [-0.15, -0.1) is 0 Å². The molecule has 0 fully saturated rings. The maximum atomic E-state index is 11.8. The molecule has 0 atom stereocenters. The number of nitrogens with two attached hydrogens (primary N) is 1. The highest BCUT2D eigenvalue weighted by molar-refractivity contribution is 9.10. The maximum Gasteiger partial charge on any atom is 0.251 e. The first-order valence-electron chi connectivity index (χ1n) is 6.67. The number of aliphatic imine (C=N–C) groups is 1. The molecule has 0 bridgehead atoms. The molecule has 1 aromatic rings. The zero-order valence-corrected chi connectivity index (χ0v) is 13.5. The summed E-state index contributed by atoms with van der Waals surface area (Å²) in [6.45, 7) is 6.66. The second-order valence-electron chi connectivity index (χ2n) is 4.18. The number of halogens is 1. The van der Waals surface area contributed by atoms with Crippen LogP contribution >= 0.6 is 15.9 Å². The topological polar surface area (TPSA) is 70.7 Å². The van der Waals surface area contributed by atoms with E-state index >= 15 is 0 Å². The third-order valence-electron chi connectivity index (χ3n) is 2.87. The van der Waals surface area contributed by atoms with Crippen LogP contribution in [0.1, 0.15) is 24.2 Å². The summed E-state index contributed by atoms with van der Waals surface area (Å²) in [5, 5.41) is 2.81. The number of guanidine groups is 1. The zero-order chi connectivity index (χ0) is 15.0. The van der Waals surface area contributed by atoms with Crippen LogP contribution in [0.25, 0.3) is 0 Å². The van der Waals surface area contributed by atoms with Gasteiger partial charge in [-0.05, 0) is 38.1 Å². The van der Waals surface area contributed by atoms with Gasteiger partial charge in [0.1, 0.15) is 0 Å². The van der Waals surface area contributed by atoms with Gasteiger partial charge < -0.3 is 16.0 Å². The van der Waals surface area contributed by atoms with Gasteiger partial charge in [0, 0.05) is 29.7 Å². The van der Waals surface area contributed by atoms with Crippen LogP contribution in [-0.4, -0.2) is 42.9 Å². The third-order valence-corrected chi connectivity index (χ3v) is 3.39. The van der Waals surface area contributed by atoms with Crippen molar-refractivity contribution in [3.05, 3.63) is 34.3 Å². The van der Waals surface area contributed by atoms with Crippen molar-refractivity contribution in [2.24, 2.45) is 10.7 Å². The highest BCUT2D eigenvalue weighted by Crippen LogP contribution is 2.10. The number of nitrogens with zero attached hydrogens (tertiary/aromatic N) is 2. The van der Waals surface area contributed by atoms with E-state index in [1.165, 1.54) is 0 Å². The van der Waals surface area contributed by atoms with Gasteiger partial charge in [-0.25, -0.2) is 0 Å². The number of benzene rings is 1. The zero-order valence-electron chi connectivity index (χ0n) is 11.9. The number of nitrogens with one attached hydrogen (secondary N) is 1. The van der Waals surface area contributed by atoms with Crippen molar-refractivity contribution < 1.29 is 4.79 Å². The molecule has 0 heterocycles. The van der Waals surface area contributed by atoms with E-state index in [1.807, 2.05) is 30.9 Å². The average Bonchev–Trinajstić information content (AvgIpc) is 2.45. The summed E-state index contributed by atoms with van der Waals surface area (Å²) in [4.78, 5) is 18.0. The molecule has 0 spiro atoms. The summed E-state index contributed by atoms with van der Waals surface area (Å²) in [5.74, 6) is 0.419. The summed E-state index contributed by atoms with van der Waals surface area (Å²) < 4.78 is 0.950. The quantitative estimate of drug-likeness (QED) is 0.471. The molecule has 1 rings (SSSR count). The van der Waals surface area contributed by atoms with E-state index in [1.54, 1.807) is 12.1 Å². The van der Waals surface area contributed by atoms with Crippen molar-refractivity contribution in [3.8, 4) is 0 Å². The first kappa shape index (κ1) is 16.5. The molecule has 0 aliphatic rings. The Kier molecular flexibility index (Phi) is 7.08. The first-order valence-corrected chi connectivity index (χ1v) is 7.46. The Labute approximate surface area is 128 Å². The molecule has 0 radical (unpaired) electrons. The van der Waals surface area contributed by atoms with Gasteiger partial charge >= 0.3 is 0 Å². The smallest absolute Gasteiger partial charge is 0.251 e. The van der Waals surface area contributed by atoms with E-state index < -0.39 is 0 Å². The fraction of sp³-hybridized carbons (Fsp3) is 0.429. The maximum absolute atomic E-state index is 11.8. The van der Waals surface area contributed by atoms with Crippen LogP contribution in [0.2, 0.25) is 0 Å². The lowest BCUT2D eigenvalue weighted by atomic mass is 10.2. The van der Waals surface area contributed by atoms with E-state index in [9.17, 15) is 4.79 Å². The molecule has 0 saturated heterocycles. The van der Waals surface area contributed by atoms with Gasteiger partial charge in [0.05, 0.1) is 6.54 Å². The number of hydrogen-bond donors (Lipinski definition) is 2. The van der Waals surface area contributed by atoms with Crippen LogP contribution in [-0.2, 0) is 0 Å². The molecule has 0 aliphatic carbocycles. The molecule has 0 unspecified atom stereocenters. The van der Waals surface area contributed by atoms with E-state index in [-0.39, 0.29) is 5.91 Å². The molecule has 5 nitrogen and oxygen atoms in total. The van der Waals surface area contributed by atoms with Crippen LogP contribution in [0, 0.1) is 0 Å². The Balaban J connectivity index is 2.39. The van der Waals surface area contributed by atoms with Crippen molar-refractivity contribution in [2.45, 2.75) is 13.8 Å². The van der Waals surface area contributed by atoms with Gasteiger partial charge in [0.15, 0.2) is 5.96 Å². The number of carbonyl (C=O) groups excluding carboxylic acids is 1. The standard InChI is InChI=1S/C14H21BrN4O/c1-3-19(4-2)14(16)18-10-9-17-13(20)11-5-7-12(15)8-6-11/h5-8H,3-4,9-10H2,1-2H3,(H2,16,18)(H,17,20). The van der Waals surface area contributed by atoms with Crippen molar-refractivity contribution >= 4 is 27.8 Å². The van der Waals surface area contributed by atoms with Crippen LogP contribution in [0.4, 0.5) is 0 Å². The summed E-state index contributed by atoms with van der Waals surface area (Å²) in [5.41, 5.74) is 6.47. The van der Waals surface area contributed by atoms with Gasteiger partial charge in [0.25, 0.3) is 5.91 Å². The molecular weight excluding hydrogens is 320 g/mol. The molecule has 110 valence electrons. The van der Waals surface area contributed by atoms with Crippen LogP contribution < -0.4 is 11.1 Å². The average molecular weight is 341 g/mol. The van der Waals surface area contributed by atoms with Gasteiger partial charge in [-0.1, -0.05) is 15.9 Å². The van der Waals surface area contributed by atoms with Crippen molar-refractivity contribution in [3.63, 3.8) is 0 Å². The minimum Gasteiger partial charge on any atom is -0.370 e. The second-order valence-corrected chi connectivity index (χ2v) is 5.09. The Bertz CT molecular complexity index is 455. The Morgan fingerprint density at radius 2 is 1.90 bits per heavy atom. The van der Waals surface area contributed by atoms with Crippen LogP contribution in [0.5, 0.6) is 0 Å². The van der Waals surface area contributed by atoms with Gasteiger partial charge in [0.2, 0.25) is 0 Å². The van der Waals surface area contributed by atoms with E-state index in [0.29, 0.717) is 24.6 Å². The number of carbonyl (C=O) groups is 1. The van der Waals surface area contributed by atoms with Crippen molar-refractivity contribution in [2.75, 3.05) is 26.2 Å². The van der Waals surface area contributed by atoms with Gasteiger partial charge in [-0.3, -0.25) is 9.79 Å². The molecule has 0 saturated carbocycles. The van der Waals surface area contributed by atoms with Crippen molar-refractivity contribution in [1.29, 1.82) is 0 Å². The van der Waals surface area contributed by atoms with Crippen LogP contribution in [0.15, 0.2) is 33.7 Å². The predicted octanol–water partition coefficient (Wildman–Crippen LogP) is 1.84. The summed E-state index contributed by atoms with van der Waals surface area (Å²) >= 11 is 3.33. The van der Waals surface area contributed by atoms with E-state index in [0.717, 1.165) is 17.6 Å². The molecule has 3 N–H and O–H groups in total. The number of hydrogen-bond acceptors (Lipinski definition) is 2. The van der Waals surface area contributed by atoms with Gasteiger partial charge in [-0.2, -0.15) is 0 Å². The monoisotopic (exact) mass is 340 g/mol. The Hall–Kier alpha value is -1.56. The fourth-order valence-electron chi connectivity index (χ4n) is 1.69. The lowest BCUT2D eigenvalue weighted by Crippen LogP contribution is -2.37. The normalized spacial score (nSPS) is 11.2. The second kappa shape index (κ2) is 8.58. The highest BCUT2D eigenvalue weighted by atomic mass is 79.9. The summed E-state index contributed by atoms with van der Waals surface area (Å²) in [6, 6.07) is 7.22. The van der Waals surface area contributed by atoms with E-state index in [4.69, 9.17) is 5.73 Å². The summed E-state index contributed by atoms with van der Waals surface area (Å²) in [6.07, 6.45) is 0. The Morgan fingerprint density at radius 1 is 1.30 bits per heavy atom. The lowest BCUT2D eigenvalue weighted by molar-refractivity contribution is 0.0955. The first-order chi connectivity index (χ1) is 9.58. The number of rotatable bonds is 6. The molecular formula is C14H21BrN4O. The lowest BCUT2D eigenvalue weighted by Gasteiger charge is -2.19. The molecule has 0 aromatic heterocycles. The summed E-state index contributed by atoms with van der Waals surface area (Å²) in [7, 11) is 0. The largest absolute Gasteiger partial charge is 0.370 e. The molecule has 1 aromatic carbocycles. The Morgan fingerprint density at radius 3 is 2.45 bits per heavy atom. The number of amides is 1. The highest BCUT2D eigenvalue weighted by Gasteiger charge is 2.04. The molecule has 6 heteroatoms.